The molecule has 0 radical (unpaired) electrons. The number of benzene rings is 2. The second-order valence-electron chi connectivity index (χ2n) is 7.92. The van der Waals surface area contributed by atoms with Gasteiger partial charge in [-0.25, -0.2) is 4.79 Å². The van der Waals surface area contributed by atoms with Gasteiger partial charge in [-0.1, -0.05) is 24.3 Å². The zero-order valence-electron chi connectivity index (χ0n) is 18.9. The topological polar surface area (TPSA) is 70.7 Å². The van der Waals surface area contributed by atoms with E-state index in [1.165, 1.54) is 41.3 Å². The number of halogens is 3. The Hall–Kier alpha value is -2.92. The third kappa shape index (κ3) is 6.40. The Bertz CT molecular complexity index is 1210. The highest BCUT2D eigenvalue weighted by Crippen LogP contribution is 2.38. The summed E-state index contributed by atoms with van der Waals surface area (Å²) in [4.78, 5) is 28.1. The van der Waals surface area contributed by atoms with Crippen LogP contribution in [0.25, 0.3) is 10.1 Å². The number of piperidine rings is 1. The van der Waals surface area contributed by atoms with Crippen molar-refractivity contribution in [3.63, 3.8) is 0 Å². The zero-order valence-corrected chi connectivity index (χ0v) is 20.5. The summed E-state index contributed by atoms with van der Waals surface area (Å²) in [5.74, 6) is -0.384. The van der Waals surface area contributed by atoms with Gasteiger partial charge in [0.25, 0.3) is 5.91 Å². The fourth-order valence-corrected chi connectivity index (χ4v) is 6.19. The molecule has 2 N–H and O–H groups in total. The zero-order chi connectivity index (χ0) is 25.0. The first-order valence-corrected chi connectivity index (χ1v) is 12.8. The maximum absolute atomic E-state index is 13.5. The number of nitrogens with zero attached hydrogens (tertiary/aromatic N) is 1. The van der Waals surface area contributed by atoms with E-state index in [-0.39, 0.29) is 22.9 Å². The van der Waals surface area contributed by atoms with E-state index in [9.17, 15) is 22.8 Å². The molecule has 0 aliphatic carbocycles. The molecule has 0 bridgehead atoms. The third-order valence-corrected chi connectivity index (χ3v) is 7.86. The van der Waals surface area contributed by atoms with Crippen LogP contribution in [0.2, 0.25) is 0 Å². The van der Waals surface area contributed by atoms with Crippen molar-refractivity contribution in [1.82, 2.24) is 10.2 Å². The predicted molar refractivity (Wildman–Crippen MR) is 132 cm³/mol. The number of urea groups is 1. The van der Waals surface area contributed by atoms with Crippen molar-refractivity contribution in [2.75, 3.05) is 25.0 Å². The molecule has 0 saturated carbocycles. The number of hydrogen-bond donors (Lipinski definition) is 2. The molecule has 0 spiro atoms. The van der Waals surface area contributed by atoms with Gasteiger partial charge < -0.3 is 15.0 Å². The Labute approximate surface area is 208 Å². The van der Waals surface area contributed by atoms with Gasteiger partial charge in [0.15, 0.2) is 0 Å². The number of thioether (sulfide) groups is 1. The molecule has 4 rings (SSSR count). The van der Waals surface area contributed by atoms with Crippen LogP contribution >= 0.6 is 23.1 Å². The van der Waals surface area contributed by atoms with Gasteiger partial charge >= 0.3 is 12.4 Å². The van der Waals surface area contributed by atoms with Gasteiger partial charge in [0.2, 0.25) is 0 Å². The van der Waals surface area contributed by atoms with Crippen LogP contribution in [0.5, 0.6) is 5.75 Å². The largest absolute Gasteiger partial charge is 0.573 e. The average molecular weight is 524 g/mol. The first-order valence-electron chi connectivity index (χ1n) is 11.1. The molecule has 0 atom stereocenters. The van der Waals surface area contributed by atoms with Gasteiger partial charge in [-0.2, -0.15) is 0 Å². The van der Waals surface area contributed by atoms with Gasteiger partial charge in [0.1, 0.15) is 10.8 Å². The third-order valence-electron chi connectivity index (χ3n) is 5.44. The number of fused-ring (bicyclic) bond motifs is 1. The molecule has 6 nitrogen and oxygen atoms in total. The second-order valence-corrected chi connectivity index (χ2v) is 10.3. The fourth-order valence-electron chi connectivity index (χ4n) is 3.93. The second kappa shape index (κ2) is 10.8. The van der Waals surface area contributed by atoms with E-state index in [0.717, 1.165) is 10.1 Å². The van der Waals surface area contributed by atoms with Crippen LogP contribution in [-0.4, -0.2) is 48.1 Å². The summed E-state index contributed by atoms with van der Waals surface area (Å²) in [6.07, 6.45) is -3.34. The number of hydrogen-bond acceptors (Lipinski definition) is 5. The van der Waals surface area contributed by atoms with E-state index in [0.29, 0.717) is 47.9 Å². The summed E-state index contributed by atoms with van der Waals surface area (Å²) in [5.41, 5.74) is 0.486. The number of nitrogens with one attached hydrogen (secondary N) is 2. The molecule has 1 aromatic heterocycles. The highest BCUT2D eigenvalue weighted by molar-refractivity contribution is 8.00. The highest BCUT2D eigenvalue weighted by atomic mass is 32.2. The van der Waals surface area contributed by atoms with Crippen LogP contribution in [0.3, 0.4) is 0 Å². The van der Waals surface area contributed by atoms with Crippen LogP contribution in [-0.2, 0) is 0 Å². The summed E-state index contributed by atoms with van der Waals surface area (Å²) in [6, 6.07) is 13.1. The molecule has 3 amide bonds. The molecule has 1 aliphatic rings. The Morgan fingerprint density at radius 1 is 1.14 bits per heavy atom. The van der Waals surface area contributed by atoms with E-state index < -0.39 is 6.36 Å². The SMILES string of the molecule is CCNC(=O)Nc1sc2ccccc2c1C(=O)N1CCC(Sc2cccc(OC(F)(F)F)c2)CC1. The smallest absolute Gasteiger partial charge is 0.406 e. The Morgan fingerprint density at radius 2 is 1.89 bits per heavy atom. The maximum atomic E-state index is 13.5. The maximum Gasteiger partial charge on any atom is 0.573 e. The lowest BCUT2D eigenvalue weighted by Crippen LogP contribution is -2.39. The lowest BCUT2D eigenvalue weighted by molar-refractivity contribution is -0.274. The van der Waals surface area contributed by atoms with Crippen molar-refractivity contribution in [3.05, 3.63) is 54.1 Å². The number of likely N-dealkylation sites (tertiary alicyclic amines) is 1. The average Bonchev–Trinajstić information content (AvgIpc) is 3.16. The van der Waals surface area contributed by atoms with Crippen LogP contribution in [0.15, 0.2) is 53.4 Å². The van der Waals surface area contributed by atoms with E-state index >= 15 is 0 Å². The molecule has 2 heterocycles. The Balaban J connectivity index is 1.43. The number of carbonyl (C=O) groups excluding carboxylic acids is 2. The molecule has 35 heavy (non-hydrogen) atoms. The lowest BCUT2D eigenvalue weighted by Gasteiger charge is -2.32. The van der Waals surface area contributed by atoms with Crippen LogP contribution in [0.1, 0.15) is 30.1 Å². The van der Waals surface area contributed by atoms with Gasteiger partial charge in [-0.05, 0) is 44.0 Å². The van der Waals surface area contributed by atoms with Crippen LogP contribution in [0.4, 0.5) is 23.0 Å². The minimum atomic E-state index is -4.73. The Morgan fingerprint density at radius 3 is 2.60 bits per heavy atom. The summed E-state index contributed by atoms with van der Waals surface area (Å²) >= 11 is 2.85. The number of anilines is 1. The number of thiophene rings is 1. The van der Waals surface area contributed by atoms with Crippen LogP contribution in [0, 0.1) is 0 Å². The van der Waals surface area contributed by atoms with Crippen molar-refractivity contribution in [2.45, 2.75) is 36.3 Å². The van der Waals surface area contributed by atoms with Crippen molar-refractivity contribution >= 4 is 50.1 Å². The molecule has 11 heteroatoms. The number of amides is 3. The van der Waals surface area contributed by atoms with Gasteiger partial charge in [0.05, 0.1) is 5.56 Å². The molecular formula is C24H24F3N3O3S2. The fraction of sp³-hybridized carbons (Fsp3) is 0.333. The molecule has 3 aromatic rings. The summed E-state index contributed by atoms with van der Waals surface area (Å²) < 4.78 is 42.4. The van der Waals surface area contributed by atoms with E-state index in [4.69, 9.17) is 0 Å². The molecule has 0 unspecified atom stereocenters. The summed E-state index contributed by atoms with van der Waals surface area (Å²) in [7, 11) is 0. The minimum Gasteiger partial charge on any atom is -0.406 e. The molecule has 1 aliphatic heterocycles. The van der Waals surface area contributed by atoms with Gasteiger partial charge in [-0.15, -0.1) is 36.3 Å². The van der Waals surface area contributed by atoms with E-state index in [2.05, 4.69) is 15.4 Å². The molecule has 186 valence electrons. The molecular weight excluding hydrogens is 499 g/mol. The molecule has 2 aromatic carbocycles. The number of alkyl halides is 3. The van der Waals surface area contributed by atoms with E-state index in [1.54, 1.807) is 11.0 Å². The summed E-state index contributed by atoms with van der Waals surface area (Å²) in [5, 5.41) is 6.97. The monoisotopic (exact) mass is 523 g/mol. The molecule has 1 fully saturated rings. The van der Waals surface area contributed by atoms with Crippen molar-refractivity contribution in [1.29, 1.82) is 0 Å². The number of rotatable bonds is 6. The highest BCUT2D eigenvalue weighted by Gasteiger charge is 2.32. The normalized spacial score (nSPS) is 14.7. The Kier molecular flexibility index (Phi) is 7.75. The number of carbonyl (C=O) groups is 2. The number of ether oxygens (including phenoxy) is 1. The first kappa shape index (κ1) is 25.2. The molecule has 1 saturated heterocycles. The van der Waals surface area contributed by atoms with Gasteiger partial charge in [0, 0.05) is 39.9 Å². The summed E-state index contributed by atoms with van der Waals surface area (Å²) in [6.45, 7) is 3.31. The first-order chi connectivity index (χ1) is 16.7. The van der Waals surface area contributed by atoms with Crippen molar-refractivity contribution in [3.8, 4) is 5.75 Å². The van der Waals surface area contributed by atoms with Crippen molar-refractivity contribution < 1.29 is 27.5 Å². The quantitative estimate of drug-likeness (QED) is 0.396. The van der Waals surface area contributed by atoms with E-state index in [1.807, 2.05) is 31.2 Å². The minimum absolute atomic E-state index is 0.140. The van der Waals surface area contributed by atoms with Crippen LogP contribution < -0.4 is 15.4 Å². The predicted octanol–water partition coefficient (Wildman–Crippen LogP) is 6.34. The van der Waals surface area contributed by atoms with Gasteiger partial charge in [-0.3, -0.25) is 10.1 Å². The lowest BCUT2D eigenvalue weighted by atomic mass is 10.1. The standard InChI is InChI=1S/C24H24F3N3O3S2/c1-2-28-23(32)29-21-20(18-8-3-4-9-19(18)35-21)22(31)30-12-10-16(11-13-30)34-17-7-5-6-15(14-17)33-24(25,26)27/h3-9,14,16H,2,10-13H2,1H3,(H2,28,29,32). The van der Waals surface area contributed by atoms with Crippen molar-refractivity contribution in [2.24, 2.45) is 0 Å².